The summed E-state index contributed by atoms with van der Waals surface area (Å²) in [5, 5.41) is 10.3. The summed E-state index contributed by atoms with van der Waals surface area (Å²) < 4.78 is 40.8. The van der Waals surface area contributed by atoms with Crippen molar-refractivity contribution in [3.63, 3.8) is 0 Å². The maximum absolute atomic E-state index is 13.6. The van der Waals surface area contributed by atoms with Crippen LogP contribution in [0, 0.1) is 0 Å². The number of aliphatic hydroxyl groups is 1. The quantitative estimate of drug-likeness (QED) is 0.445. The van der Waals surface area contributed by atoms with Gasteiger partial charge in [-0.05, 0) is 50.3 Å². The third kappa shape index (κ3) is 5.21. The Balaban J connectivity index is 2.27. The number of benzene rings is 1. The zero-order valence-corrected chi connectivity index (χ0v) is 15.8. The number of rotatable bonds is 4. The predicted octanol–water partition coefficient (Wildman–Crippen LogP) is 1.35. The van der Waals surface area contributed by atoms with Crippen LogP contribution in [0.15, 0.2) is 23.2 Å². The molecule has 10 heteroatoms. The van der Waals surface area contributed by atoms with Crippen molar-refractivity contribution in [1.29, 1.82) is 0 Å². The number of amides is 1. The first-order valence-electron chi connectivity index (χ1n) is 8.87. The summed E-state index contributed by atoms with van der Waals surface area (Å²) in [5.74, 6) is -1.80. The molecule has 1 unspecified atom stereocenters. The lowest BCUT2D eigenvalue weighted by atomic mass is 9.85. The molecule has 2 rings (SSSR count). The Bertz CT molecular complexity index is 747. The van der Waals surface area contributed by atoms with Crippen LogP contribution in [0.5, 0.6) is 0 Å². The Labute approximate surface area is 161 Å². The highest BCUT2D eigenvalue weighted by Gasteiger charge is 2.38. The van der Waals surface area contributed by atoms with Crippen LogP contribution in [0.2, 0.25) is 0 Å². The summed E-state index contributed by atoms with van der Waals surface area (Å²) in [7, 11) is 0. The van der Waals surface area contributed by atoms with Gasteiger partial charge in [-0.3, -0.25) is 9.69 Å². The molecule has 0 aliphatic carbocycles. The molecule has 0 bridgehead atoms. The van der Waals surface area contributed by atoms with Crippen LogP contribution in [-0.2, 0) is 6.18 Å². The number of carbonyl (C=O) groups excluding carboxylic acids is 1. The van der Waals surface area contributed by atoms with Gasteiger partial charge in [0.2, 0.25) is 0 Å². The number of nitrogens with two attached hydrogens (primary N) is 3. The summed E-state index contributed by atoms with van der Waals surface area (Å²) in [6.45, 7) is 4.21. The second-order valence-corrected chi connectivity index (χ2v) is 7.65. The lowest BCUT2D eigenvalue weighted by molar-refractivity contribution is -0.138. The Morgan fingerprint density at radius 3 is 2.29 bits per heavy atom. The average Bonchev–Trinajstić information content (AvgIpc) is 2.58. The van der Waals surface area contributed by atoms with E-state index in [0.29, 0.717) is 25.9 Å². The summed E-state index contributed by atoms with van der Waals surface area (Å²) in [6.07, 6.45) is -4.65. The van der Waals surface area contributed by atoms with Crippen molar-refractivity contribution in [2.75, 3.05) is 13.1 Å². The minimum absolute atomic E-state index is 0.120. The third-order valence-electron chi connectivity index (χ3n) is 4.82. The van der Waals surface area contributed by atoms with Crippen LogP contribution >= 0.6 is 0 Å². The molecule has 1 amide bonds. The second kappa shape index (κ2) is 8.06. The van der Waals surface area contributed by atoms with Gasteiger partial charge in [-0.2, -0.15) is 18.2 Å². The molecule has 1 aliphatic heterocycles. The van der Waals surface area contributed by atoms with E-state index in [0.717, 1.165) is 6.07 Å². The number of hydrogen-bond donors (Lipinski definition) is 4. The lowest BCUT2D eigenvalue weighted by Gasteiger charge is -2.40. The summed E-state index contributed by atoms with van der Waals surface area (Å²) >= 11 is 0. The molecule has 7 N–H and O–H groups in total. The molecule has 1 fully saturated rings. The van der Waals surface area contributed by atoms with E-state index in [1.165, 1.54) is 12.1 Å². The zero-order valence-electron chi connectivity index (χ0n) is 15.8. The highest BCUT2D eigenvalue weighted by molar-refractivity contribution is 6.02. The molecule has 0 spiro atoms. The van der Waals surface area contributed by atoms with Gasteiger partial charge in [-0.1, -0.05) is 6.07 Å². The summed E-state index contributed by atoms with van der Waals surface area (Å²) in [6, 6.07) is 3.39. The summed E-state index contributed by atoms with van der Waals surface area (Å²) in [5.41, 5.74) is 14.3. The molecule has 156 valence electrons. The van der Waals surface area contributed by atoms with Gasteiger partial charge in [-0.25, -0.2) is 0 Å². The molecule has 0 saturated carbocycles. The van der Waals surface area contributed by atoms with Gasteiger partial charge in [0, 0.05) is 24.2 Å². The molecule has 0 radical (unpaired) electrons. The molecule has 0 aromatic heterocycles. The number of halogens is 3. The number of piperidine rings is 1. The second-order valence-electron chi connectivity index (χ2n) is 7.65. The predicted molar refractivity (Wildman–Crippen MR) is 99.4 cm³/mol. The number of aliphatic imine (C=N–C) groups is 1. The largest absolute Gasteiger partial charge is 0.416 e. The fraction of sp³-hybridized carbons (Fsp3) is 0.556. The average molecular weight is 401 g/mol. The first kappa shape index (κ1) is 22.1. The van der Waals surface area contributed by atoms with Crippen molar-refractivity contribution in [3.8, 4) is 0 Å². The van der Waals surface area contributed by atoms with Crippen molar-refractivity contribution in [1.82, 2.24) is 4.90 Å². The van der Waals surface area contributed by atoms with Gasteiger partial charge in [0.1, 0.15) is 6.23 Å². The monoisotopic (exact) mass is 401 g/mol. The number of hydrogen-bond acceptors (Lipinski definition) is 4. The van der Waals surface area contributed by atoms with Crippen LogP contribution in [0.3, 0.4) is 0 Å². The molecule has 1 aromatic carbocycles. The van der Waals surface area contributed by atoms with Crippen molar-refractivity contribution >= 4 is 11.9 Å². The molecule has 1 saturated heterocycles. The fourth-order valence-electron chi connectivity index (χ4n) is 3.40. The van der Waals surface area contributed by atoms with Crippen molar-refractivity contribution in [3.05, 3.63) is 34.9 Å². The van der Waals surface area contributed by atoms with E-state index in [9.17, 15) is 23.1 Å². The normalized spacial score (nSPS) is 18.0. The Morgan fingerprint density at radius 1 is 1.25 bits per heavy atom. The zero-order chi connectivity index (χ0) is 21.3. The van der Waals surface area contributed by atoms with Gasteiger partial charge < -0.3 is 22.3 Å². The molecular formula is C18H26F3N5O2. The number of guanidine groups is 1. The van der Waals surface area contributed by atoms with Gasteiger partial charge in [-0.15, -0.1) is 0 Å². The van der Waals surface area contributed by atoms with Gasteiger partial charge in [0.05, 0.1) is 5.56 Å². The van der Waals surface area contributed by atoms with Crippen molar-refractivity contribution in [2.45, 2.75) is 50.6 Å². The lowest BCUT2D eigenvalue weighted by Crippen LogP contribution is -2.56. The number of nitrogens with zero attached hydrogens (tertiary/aromatic N) is 2. The number of alkyl halides is 3. The van der Waals surface area contributed by atoms with Crippen LogP contribution in [-0.4, -0.2) is 46.7 Å². The Morgan fingerprint density at radius 2 is 1.82 bits per heavy atom. The van der Waals surface area contributed by atoms with Gasteiger partial charge in [0.25, 0.3) is 5.91 Å². The smallest absolute Gasteiger partial charge is 0.376 e. The Kier molecular flexibility index (Phi) is 6.37. The van der Waals surface area contributed by atoms with Crippen LogP contribution in [0.4, 0.5) is 13.2 Å². The first-order chi connectivity index (χ1) is 12.8. The highest BCUT2D eigenvalue weighted by Crippen LogP contribution is 2.39. The number of aliphatic hydroxyl groups excluding tert-OH is 1. The van der Waals surface area contributed by atoms with E-state index in [4.69, 9.17) is 17.2 Å². The van der Waals surface area contributed by atoms with Gasteiger partial charge >= 0.3 is 6.18 Å². The van der Waals surface area contributed by atoms with Crippen LogP contribution < -0.4 is 17.2 Å². The summed E-state index contributed by atoms with van der Waals surface area (Å²) in [4.78, 5) is 16.9. The Hall–Kier alpha value is -2.17. The minimum Gasteiger partial charge on any atom is -0.376 e. The van der Waals surface area contributed by atoms with E-state index < -0.39 is 35.4 Å². The standard InChI is InChI=1S/C18H26F3N5O2/c1-17(2,24)15(28)26-7-5-10(6-8-26)12-4-3-11(14(27)25-16(22)23)9-13(12)18(19,20)21/h3-4,9-10,15,28H,5-8,24H2,1-2H3,(H4,22,23,25,27). The van der Waals surface area contributed by atoms with E-state index in [1.807, 2.05) is 0 Å². The molecule has 7 nitrogen and oxygen atoms in total. The highest BCUT2D eigenvalue weighted by atomic mass is 19.4. The van der Waals surface area contributed by atoms with E-state index in [2.05, 4.69) is 4.99 Å². The third-order valence-corrected chi connectivity index (χ3v) is 4.82. The SMILES string of the molecule is CC(C)(N)C(O)N1CCC(c2ccc(C(=O)N=C(N)N)cc2C(F)(F)F)CC1. The topological polar surface area (TPSA) is 131 Å². The van der Waals surface area contributed by atoms with E-state index in [-0.39, 0.29) is 17.0 Å². The minimum atomic E-state index is -4.63. The van der Waals surface area contributed by atoms with Crippen molar-refractivity contribution < 1.29 is 23.1 Å². The molecular weight excluding hydrogens is 375 g/mol. The molecule has 1 atom stereocenters. The van der Waals surface area contributed by atoms with Crippen LogP contribution in [0.25, 0.3) is 0 Å². The van der Waals surface area contributed by atoms with Gasteiger partial charge in [0.15, 0.2) is 5.96 Å². The van der Waals surface area contributed by atoms with E-state index >= 15 is 0 Å². The fourth-order valence-corrected chi connectivity index (χ4v) is 3.40. The number of likely N-dealkylation sites (tertiary alicyclic amines) is 1. The first-order valence-corrected chi connectivity index (χ1v) is 8.87. The van der Waals surface area contributed by atoms with E-state index in [1.54, 1.807) is 18.7 Å². The maximum atomic E-state index is 13.6. The maximum Gasteiger partial charge on any atom is 0.416 e. The number of carbonyl (C=O) groups is 1. The van der Waals surface area contributed by atoms with Crippen LogP contribution in [0.1, 0.15) is 54.1 Å². The molecule has 1 heterocycles. The molecule has 1 aliphatic rings. The van der Waals surface area contributed by atoms with Crippen molar-refractivity contribution in [2.24, 2.45) is 22.2 Å². The molecule has 28 heavy (non-hydrogen) atoms. The molecule has 1 aromatic rings.